The third-order valence-electron chi connectivity index (χ3n) is 10.3. The van der Waals surface area contributed by atoms with Crippen molar-refractivity contribution in [1.82, 2.24) is 25.5 Å². The third-order valence-corrected chi connectivity index (χ3v) is 10.7. The van der Waals surface area contributed by atoms with Gasteiger partial charge in [0.05, 0.1) is 12.7 Å². The zero-order valence-corrected chi connectivity index (χ0v) is 28.4. The first-order chi connectivity index (χ1) is 22.5. The number of benzene rings is 1. The maximum atomic E-state index is 13.0. The number of carbonyl (C=O) groups excluding carboxylic acids is 2. The number of amides is 2. The van der Waals surface area contributed by atoms with Crippen molar-refractivity contribution in [3.63, 3.8) is 0 Å². The van der Waals surface area contributed by atoms with Gasteiger partial charge in [0, 0.05) is 43.3 Å². The monoisotopic (exact) mass is 662 g/mol. The van der Waals surface area contributed by atoms with Crippen LogP contribution < -0.4 is 21.3 Å². The van der Waals surface area contributed by atoms with Gasteiger partial charge in [-0.2, -0.15) is 10.2 Å². The van der Waals surface area contributed by atoms with Crippen LogP contribution in [0.15, 0.2) is 30.5 Å². The molecule has 4 N–H and O–H groups in total. The molecule has 5 fully saturated rings. The fourth-order valence-electron chi connectivity index (χ4n) is 8.54. The van der Waals surface area contributed by atoms with E-state index in [4.69, 9.17) is 16.3 Å². The van der Waals surface area contributed by atoms with E-state index in [9.17, 15) is 14.9 Å². The van der Waals surface area contributed by atoms with Gasteiger partial charge in [0.15, 0.2) is 0 Å². The highest BCUT2D eigenvalue weighted by Crippen LogP contribution is 2.60. The lowest BCUT2D eigenvalue weighted by molar-refractivity contribution is -0.122. The fourth-order valence-corrected chi connectivity index (χ4v) is 8.74. The van der Waals surface area contributed by atoms with Crippen LogP contribution in [0.5, 0.6) is 0 Å². The van der Waals surface area contributed by atoms with Crippen molar-refractivity contribution in [3.8, 4) is 6.07 Å². The Hall–Kier alpha value is -3.62. The molecule has 4 aliphatic carbocycles. The molecule has 2 amide bonds. The molecule has 4 bridgehead atoms. The number of halogens is 1. The molecule has 7 rings (SSSR count). The van der Waals surface area contributed by atoms with Gasteiger partial charge in [-0.3, -0.25) is 4.79 Å². The maximum Gasteiger partial charge on any atom is 0.410 e. The number of aromatic nitrogens is 2. The van der Waals surface area contributed by atoms with Crippen LogP contribution >= 0.6 is 11.6 Å². The van der Waals surface area contributed by atoms with E-state index in [0.29, 0.717) is 72.3 Å². The number of nitrogens with one attached hydrogen (secondary N) is 4. The molecule has 2 heterocycles. The fraction of sp³-hybridized carbons (Fsp3) is 0.629. The average Bonchev–Trinajstić information content (AvgIpc) is 3.02. The number of anilines is 2. The number of carbonyl (C=O) groups is 2. The number of hydrogen-bond donors (Lipinski definition) is 4. The summed E-state index contributed by atoms with van der Waals surface area (Å²) >= 11 is 6.31. The van der Waals surface area contributed by atoms with Crippen molar-refractivity contribution in [2.24, 2.45) is 23.2 Å². The Bertz CT molecular complexity index is 1480. The molecule has 12 heteroatoms. The van der Waals surface area contributed by atoms with Crippen LogP contribution in [0.3, 0.4) is 0 Å². The lowest BCUT2D eigenvalue weighted by atomic mass is 9.48. The van der Waals surface area contributed by atoms with Gasteiger partial charge < -0.3 is 30.9 Å². The van der Waals surface area contributed by atoms with E-state index in [1.807, 2.05) is 45.0 Å². The van der Waals surface area contributed by atoms with Crippen molar-refractivity contribution in [2.75, 3.05) is 36.8 Å². The van der Waals surface area contributed by atoms with Crippen LogP contribution in [0.25, 0.3) is 0 Å². The summed E-state index contributed by atoms with van der Waals surface area (Å²) < 4.78 is 5.49. The minimum absolute atomic E-state index is 0.0256. The number of likely N-dealkylation sites (tertiary alicyclic amines) is 1. The maximum absolute atomic E-state index is 13.0. The number of nitrogens with zero attached hydrogens (tertiary/aromatic N) is 4. The number of ether oxygens (including phenoxy) is 1. The lowest BCUT2D eigenvalue weighted by Crippen LogP contribution is -2.60. The molecule has 4 saturated carbocycles. The molecular formula is C35H47ClN8O3. The first kappa shape index (κ1) is 33.3. The Labute approximate surface area is 282 Å². The topological polar surface area (TPSA) is 144 Å². The second-order valence-electron chi connectivity index (χ2n) is 15.1. The molecule has 1 saturated heterocycles. The molecule has 0 radical (unpaired) electrons. The molecule has 0 spiro atoms. The van der Waals surface area contributed by atoms with Gasteiger partial charge in [-0.05, 0) is 101 Å². The first-order valence-electron chi connectivity index (χ1n) is 17.0. The second kappa shape index (κ2) is 13.9. The number of piperidine rings is 1. The minimum atomic E-state index is -0.514. The summed E-state index contributed by atoms with van der Waals surface area (Å²) in [5.74, 6) is 2.79. The van der Waals surface area contributed by atoms with Gasteiger partial charge in [0.2, 0.25) is 11.9 Å². The summed E-state index contributed by atoms with van der Waals surface area (Å²) in [4.78, 5) is 36.1. The van der Waals surface area contributed by atoms with E-state index in [-0.39, 0.29) is 23.5 Å². The summed E-state index contributed by atoms with van der Waals surface area (Å²) in [5.41, 5.74) is 1.02. The molecule has 252 valence electrons. The largest absolute Gasteiger partial charge is 0.444 e. The number of hydrogen-bond acceptors (Lipinski definition) is 9. The van der Waals surface area contributed by atoms with E-state index in [1.54, 1.807) is 11.1 Å². The van der Waals surface area contributed by atoms with E-state index < -0.39 is 5.60 Å². The van der Waals surface area contributed by atoms with Crippen molar-refractivity contribution in [2.45, 2.75) is 89.9 Å². The quantitative estimate of drug-likeness (QED) is 0.265. The van der Waals surface area contributed by atoms with Crippen LogP contribution in [0, 0.1) is 34.5 Å². The van der Waals surface area contributed by atoms with E-state index in [2.05, 4.69) is 37.3 Å². The zero-order chi connectivity index (χ0) is 33.2. The predicted octanol–water partition coefficient (Wildman–Crippen LogP) is 5.33. The molecule has 1 aromatic heterocycles. The van der Waals surface area contributed by atoms with Gasteiger partial charge in [-0.25, -0.2) is 9.78 Å². The van der Waals surface area contributed by atoms with Crippen molar-refractivity contribution >= 4 is 35.4 Å². The summed E-state index contributed by atoms with van der Waals surface area (Å²) in [6.07, 6.45) is 8.53. The highest BCUT2D eigenvalue weighted by atomic mass is 35.5. The molecule has 47 heavy (non-hydrogen) atoms. The summed E-state index contributed by atoms with van der Waals surface area (Å²) in [5, 5.41) is 24.1. The number of rotatable bonds is 10. The van der Waals surface area contributed by atoms with Gasteiger partial charge in [0.25, 0.3) is 0 Å². The van der Waals surface area contributed by atoms with Gasteiger partial charge >= 0.3 is 6.09 Å². The Morgan fingerprint density at radius 3 is 2.51 bits per heavy atom. The van der Waals surface area contributed by atoms with Crippen LogP contribution in [-0.4, -0.2) is 70.7 Å². The first-order valence-corrected chi connectivity index (χ1v) is 17.4. The molecule has 11 nitrogen and oxygen atoms in total. The van der Waals surface area contributed by atoms with Crippen LogP contribution in [0.1, 0.15) is 76.8 Å². The summed E-state index contributed by atoms with van der Waals surface area (Å²) in [7, 11) is 0. The van der Waals surface area contributed by atoms with Crippen LogP contribution in [0.4, 0.5) is 16.6 Å². The molecule has 1 aliphatic heterocycles. The lowest BCUT2D eigenvalue weighted by Gasteiger charge is -2.60. The zero-order valence-electron chi connectivity index (χ0n) is 27.7. The molecule has 5 aliphatic rings. The summed E-state index contributed by atoms with van der Waals surface area (Å²) in [6, 6.07) is 10.3. The van der Waals surface area contributed by atoms with Gasteiger partial charge in [0.1, 0.15) is 23.1 Å². The standard InChI is InChI=1S/C35H47ClN8O3/c1-34(2,3)47-33(46)44-10-8-27(9-11-44)42-29(45)20-38-30-24-12-22-13-25(30)16-35(14-22,15-24)21-41-31-26(17-37)19-40-32(43-31)39-18-23-6-4-5-7-28(23)36/h4-7,19,22,24-25,27,30,38H,8-16,18,20-21H2,1-3H3,(H,42,45)(H2,39,40,41,43)/t22?,24-,25+,30-,35+. The van der Waals surface area contributed by atoms with Gasteiger partial charge in [-0.15, -0.1) is 0 Å². The molecule has 2 aromatic rings. The molecular weight excluding hydrogens is 616 g/mol. The SMILES string of the molecule is CC(C)(C)OC(=O)N1CCC(NC(=O)CN[C@@H]2[C@@H]3CC4C[C@H]2C[C@](CNc2nc(NCc5ccccc5Cl)ncc2C#N)(C4)C3)CC1. The Morgan fingerprint density at radius 2 is 1.83 bits per heavy atom. The third kappa shape index (κ3) is 8.10. The minimum Gasteiger partial charge on any atom is -0.444 e. The Balaban J connectivity index is 0.986. The normalized spacial score (nSPS) is 26.8. The summed E-state index contributed by atoms with van der Waals surface area (Å²) in [6.45, 7) is 8.35. The molecule has 5 atom stereocenters. The van der Waals surface area contributed by atoms with E-state index >= 15 is 0 Å². The van der Waals surface area contributed by atoms with Crippen molar-refractivity contribution in [3.05, 3.63) is 46.6 Å². The Kier molecular flexibility index (Phi) is 9.81. The molecule has 1 unspecified atom stereocenters. The number of nitriles is 1. The van der Waals surface area contributed by atoms with Crippen LogP contribution in [0.2, 0.25) is 5.02 Å². The molecule has 1 aromatic carbocycles. The highest BCUT2D eigenvalue weighted by Gasteiger charge is 2.55. The Morgan fingerprint density at radius 1 is 1.11 bits per heavy atom. The van der Waals surface area contributed by atoms with E-state index in [0.717, 1.165) is 37.8 Å². The van der Waals surface area contributed by atoms with Gasteiger partial charge in [-0.1, -0.05) is 29.8 Å². The van der Waals surface area contributed by atoms with E-state index in [1.165, 1.54) is 19.3 Å². The predicted molar refractivity (Wildman–Crippen MR) is 181 cm³/mol. The highest BCUT2D eigenvalue weighted by molar-refractivity contribution is 6.31. The van der Waals surface area contributed by atoms with Crippen LogP contribution in [-0.2, 0) is 16.1 Å². The average molecular weight is 663 g/mol. The smallest absolute Gasteiger partial charge is 0.410 e. The van der Waals surface area contributed by atoms with Crippen molar-refractivity contribution < 1.29 is 14.3 Å². The second-order valence-corrected chi connectivity index (χ2v) is 15.5. The van der Waals surface area contributed by atoms with Crippen molar-refractivity contribution in [1.29, 1.82) is 5.26 Å².